The van der Waals surface area contributed by atoms with Crippen LogP contribution in [0.15, 0.2) is 36.7 Å². The number of aromatic nitrogens is 2. The molecule has 0 radical (unpaired) electrons. The molecule has 1 aromatic heterocycles. The Labute approximate surface area is 166 Å². The number of carbonyl (C=O) groups is 1. The molecule has 0 spiro atoms. The van der Waals surface area contributed by atoms with Gasteiger partial charge >= 0.3 is 0 Å². The van der Waals surface area contributed by atoms with Gasteiger partial charge in [0.2, 0.25) is 5.91 Å². The third-order valence-electron chi connectivity index (χ3n) is 4.09. The maximum Gasteiger partial charge on any atom is 0.243 e. The standard InChI is InChI=1S/C18H24N4O2.2ClH/c1-2-3-9-22-10-7-20-17(22)14-5-4-6-15(12-14)21-18(23)16-13-24-11-8-19-16;;/h4-7,10,12,16,19H,2-3,8-9,11,13H2,1H3,(H,21,23);2*1H. The van der Waals surface area contributed by atoms with Crippen LogP contribution in [-0.4, -0.2) is 41.3 Å². The fourth-order valence-corrected chi connectivity index (χ4v) is 2.78. The van der Waals surface area contributed by atoms with Crippen LogP contribution in [0.3, 0.4) is 0 Å². The predicted octanol–water partition coefficient (Wildman–Crippen LogP) is 3.12. The molecule has 3 rings (SSSR count). The minimum Gasteiger partial charge on any atom is -0.378 e. The maximum atomic E-state index is 12.3. The van der Waals surface area contributed by atoms with Crippen molar-refractivity contribution in [3.63, 3.8) is 0 Å². The van der Waals surface area contributed by atoms with Crippen LogP contribution >= 0.6 is 24.8 Å². The summed E-state index contributed by atoms with van der Waals surface area (Å²) >= 11 is 0. The number of benzene rings is 1. The largest absolute Gasteiger partial charge is 0.378 e. The van der Waals surface area contributed by atoms with Crippen molar-refractivity contribution in [3.05, 3.63) is 36.7 Å². The Bertz CT molecular complexity index is 687. The van der Waals surface area contributed by atoms with Gasteiger partial charge in [0, 0.05) is 36.7 Å². The van der Waals surface area contributed by atoms with E-state index < -0.39 is 0 Å². The highest BCUT2D eigenvalue weighted by molar-refractivity contribution is 5.95. The first kappa shape index (κ1) is 22.4. The molecular formula is C18H26Cl2N4O2. The van der Waals surface area contributed by atoms with E-state index in [0.29, 0.717) is 19.8 Å². The van der Waals surface area contributed by atoms with Crippen LogP contribution in [0.1, 0.15) is 19.8 Å². The number of amides is 1. The first-order chi connectivity index (χ1) is 11.8. The lowest BCUT2D eigenvalue weighted by atomic mass is 10.1. The summed E-state index contributed by atoms with van der Waals surface area (Å²) in [5.74, 6) is 0.861. The first-order valence-electron chi connectivity index (χ1n) is 8.51. The van der Waals surface area contributed by atoms with E-state index in [1.165, 1.54) is 0 Å². The topological polar surface area (TPSA) is 68.2 Å². The van der Waals surface area contributed by atoms with E-state index in [9.17, 15) is 4.79 Å². The van der Waals surface area contributed by atoms with Gasteiger partial charge in [0.15, 0.2) is 0 Å². The molecule has 2 N–H and O–H groups in total. The lowest BCUT2D eigenvalue weighted by Gasteiger charge is -2.23. The zero-order chi connectivity index (χ0) is 16.8. The van der Waals surface area contributed by atoms with Gasteiger partial charge in [0.25, 0.3) is 0 Å². The Balaban J connectivity index is 0.00000169. The summed E-state index contributed by atoms with van der Waals surface area (Å²) < 4.78 is 7.49. The number of nitrogens with zero attached hydrogens (tertiary/aromatic N) is 2. The van der Waals surface area contributed by atoms with Crippen LogP contribution in [0.5, 0.6) is 0 Å². The van der Waals surface area contributed by atoms with Gasteiger partial charge < -0.3 is 19.9 Å². The molecule has 6 nitrogen and oxygen atoms in total. The molecule has 26 heavy (non-hydrogen) atoms. The molecule has 144 valence electrons. The van der Waals surface area contributed by atoms with Crippen LogP contribution in [-0.2, 0) is 16.1 Å². The molecule has 2 heterocycles. The minimum absolute atomic E-state index is 0. The summed E-state index contributed by atoms with van der Waals surface area (Å²) in [5, 5.41) is 6.12. The van der Waals surface area contributed by atoms with Crippen molar-refractivity contribution in [1.82, 2.24) is 14.9 Å². The van der Waals surface area contributed by atoms with Crippen molar-refractivity contribution >= 4 is 36.4 Å². The average molecular weight is 401 g/mol. The van der Waals surface area contributed by atoms with Crippen LogP contribution in [0.2, 0.25) is 0 Å². The number of imidazole rings is 1. The number of ether oxygens (including phenoxy) is 1. The molecule has 2 aromatic rings. The number of halogens is 2. The molecule has 0 aliphatic carbocycles. The quantitative estimate of drug-likeness (QED) is 0.781. The minimum atomic E-state index is -0.297. The van der Waals surface area contributed by atoms with E-state index in [4.69, 9.17) is 4.74 Å². The number of morpholine rings is 1. The highest BCUT2D eigenvalue weighted by Crippen LogP contribution is 2.22. The van der Waals surface area contributed by atoms with E-state index in [2.05, 4.69) is 27.1 Å². The van der Waals surface area contributed by atoms with Crippen molar-refractivity contribution in [2.24, 2.45) is 0 Å². The molecule has 1 aliphatic rings. The van der Waals surface area contributed by atoms with Crippen LogP contribution < -0.4 is 10.6 Å². The molecule has 1 unspecified atom stereocenters. The number of aryl methyl sites for hydroxylation is 1. The summed E-state index contributed by atoms with van der Waals surface area (Å²) in [6, 6.07) is 7.52. The average Bonchev–Trinajstić information content (AvgIpc) is 3.09. The van der Waals surface area contributed by atoms with Gasteiger partial charge in [-0.15, -0.1) is 24.8 Å². The summed E-state index contributed by atoms with van der Waals surface area (Å²) in [5.41, 5.74) is 1.77. The lowest BCUT2D eigenvalue weighted by Crippen LogP contribution is -2.48. The molecule has 1 amide bonds. The molecular weight excluding hydrogens is 375 g/mol. The molecule has 1 aromatic carbocycles. The third kappa shape index (κ3) is 5.71. The second-order valence-corrected chi connectivity index (χ2v) is 5.95. The molecule has 1 saturated heterocycles. The molecule has 8 heteroatoms. The van der Waals surface area contributed by atoms with Gasteiger partial charge in [-0.1, -0.05) is 25.5 Å². The van der Waals surface area contributed by atoms with E-state index >= 15 is 0 Å². The number of anilines is 1. The van der Waals surface area contributed by atoms with Crippen molar-refractivity contribution in [2.45, 2.75) is 32.4 Å². The van der Waals surface area contributed by atoms with E-state index in [1.807, 2.05) is 36.7 Å². The van der Waals surface area contributed by atoms with E-state index in [0.717, 1.165) is 36.5 Å². The smallest absolute Gasteiger partial charge is 0.243 e. The van der Waals surface area contributed by atoms with Gasteiger partial charge in [-0.25, -0.2) is 4.98 Å². The number of carbonyl (C=O) groups excluding carboxylic acids is 1. The zero-order valence-corrected chi connectivity index (χ0v) is 16.4. The number of rotatable bonds is 6. The molecule has 1 atom stereocenters. The second-order valence-electron chi connectivity index (χ2n) is 5.95. The van der Waals surface area contributed by atoms with Gasteiger partial charge in [0.05, 0.1) is 13.2 Å². The van der Waals surface area contributed by atoms with E-state index in [-0.39, 0.29) is 36.8 Å². The summed E-state index contributed by atoms with van der Waals surface area (Å²) in [6.45, 7) is 4.89. The van der Waals surface area contributed by atoms with Crippen LogP contribution in [0.4, 0.5) is 5.69 Å². The predicted molar refractivity (Wildman–Crippen MR) is 108 cm³/mol. The Hall–Kier alpha value is -1.60. The van der Waals surface area contributed by atoms with Crippen molar-refractivity contribution < 1.29 is 9.53 Å². The summed E-state index contributed by atoms with van der Waals surface area (Å²) in [6.07, 6.45) is 6.08. The summed E-state index contributed by atoms with van der Waals surface area (Å²) in [7, 11) is 0. The SMILES string of the molecule is CCCCn1ccnc1-c1cccc(NC(=O)C2COCCN2)c1.Cl.Cl. The number of nitrogens with one attached hydrogen (secondary N) is 2. The number of hydrogen-bond donors (Lipinski definition) is 2. The normalized spacial score (nSPS) is 16.3. The first-order valence-corrected chi connectivity index (χ1v) is 8.51. The van der Waals surface area contributed by atoms with Crippen LogP contribution in [0.25, 0.3) is 11.4 Å². The maximum absolute atomic E-state index is 12.3. The molecule has 0 bridgehead atoms. The highest BCUT2D eigenvalue weighted by atomic mass is 35.5. The van der Waals surface area contributed by atoms with Crippen LogP contribution in [0, 0.1) is 0 Å². The third-order valence-corrected chi connectivity index (χ3v) is 4.09. The van der Waals surface area contributed by atoms with E-state index in [1.54, 1.807) is 0 Å². The van der Waals surface area contributed by atoms with Gasteiger partial charge in [0.1, 0.15) is 11.9 Å². The fourth-order valence-electron chi connectivity index (χ4n) is 2.78. The number of hydrogen-bond acceptors (Lipinski definition) is 4. The Morgan fingerprint density at radius 3 is 3.00 bits per heavy atom. The number of unbranched alkanes of at least 4 members (excludes halogenated alkanes) is 1. The molecule has 1 fully saturated rings. The molecule has 1 aliphatic heterocycles. The highest BCUT2D eigenvalue weighted by Gasteiger charge is 2.21. The van der Waals surface area contributed by atoms with Gasteiger partial charge in [-0.3, -0.25) is 4.79 Å². The van der Waals surface area contributed by atoms with Gasteiger partial charge in [-0.2, -0.15) is 0 Å². The fraction of sp³-hybridized carbons (Fsp3) is 0.444. The lowest BCUT2D eigenvalue weighted by molar-refractivity contribution is -0.120. The van der Waals surface area contributed by atoms with Gasteiger partial charge in [-0.05, 0) is 18.6 Å². The Morgan fingerprint density at radius 1 is 1.42 bits per heavy atom. The Kier molecular flexibility index (Phi) is 9.65. The molecule has 0 saturated carbocycles. The zero-order valence-electron chi connectivity index (χ0n) is 14.8. The Morgan fingerprint density at radius 2 is 2.27 bits per heavy atom. The van der Waals surface area contributed by atoms with Crippen molar-refractivity contribution in [1.29, 1.82) is 0 Å². The van der Waals surface area contributed by atoms with Crippen molar-refractivity contribution in [2.75, 3.05) is 25.1 Å². The van der Waals surface area contributed by atoms with Crippen molar-refractivity contribution in [3.8, 4) is 11.4 Å². The second kappa shape index (κ2) is 11.2. The summed E-state index contributed by atoms with van der Waals surface area (Å²) in [4.78, 5) is 16.8. The monoisotopic (exact) mass is 400 g/mol.